The normalized spacial score (nSPS) is 14.0. The maximum atomic E-state index is 12.2. The Morgan fingerprint density at radius 2 is 1.90 bits per heavy atom. The van der Waals surface area contributed by atoms with Gasteiger partial charge in [-0.05, 0) is 19.9 Å². The van der Waals surface area contributed by atoms with Crippen LogP contribution in [0.25, 0.3) is 0 Å². The van der Waals surface area contributed by atoms with E-state index < -0.39 is 20.5 Å². The second-order valence-corrected chi connectivity index (χ2v) is 8.16. The molecule has 0 unspecified atom stereocenters. The molecule has 1 aliphatic rings. The fourth-order valence-electron chi connectivity index (χ4n) is 1.67. The van der Waals surface area contributed by atoms with Crippen LogP contribution in [0.1, 0.15) is 24.2 Å². The number of nitrogens with one attached hydrogen (secondary N) is 1. The number of rotatable bonds is 4. The third kappa shape index (κ3) is 3.05. The van der Waals surface area contributed by atoms with Gasteiger partial charge in [0.15, 0.2) is 21.3 Å². The number of fused-ring (bicyclic) bond motifs is 1. The van der Waals surface area contributed by atoms with Crippen molar-refractivity contribution in [3.8, 4) is 11.5 Å². The van der Waals surface area contributed by atoms with Gasteiger partial charge < -0.3 is 20.5 Å². The number of nitrogens with two attached hydrogens (primary N) is 1. The van der Waals surface area contributed by atoms with E-state index in [4.69, 9.17) is 15.2 Å². The lowest BCUT2D eigenvalue weighted by Gasteiger charge is -2.22. The van der Waals surface area contributed by atoms with Crippen LogP contribution in [-0.2, 0) is 9.84 Å². The van der Waals surface area contributed by atoms with Crippen molar-refractivity contribution in [2.45, 2.75) is 18.6 Å². The fraction of sp³-hybridized carbons (Fsp3) is 0.462. The highest BCUT2D eigenvalue weighted by Crippen LogP contribution is 2.35. The first kappa shape index (κ1) is 15.4. The van der Waals surface area contributed by atoms with Crippen LogP contribution in [0.15, 0.2) is 12.1 Å². The highest BCUT2D eigenvalue weighted by molar-refractivity contribution is 7.92. The molecule has 1 aromatic carbocycles. The van der Waals surface area contributed by atoms with Gasteiger partial charge >= 0.3 is 0 Å². The molecule has 1 amide bonds. The number of ether oxygens (including phenoxy) is 2. The van der Waals surface area contributed by atoms with Gasteiger partial charge in [0.1, 0.15) is 0 Å². The molecule has 0 atom stereocenters. The van der Waals surface area contributed by atoms with Gasteiger partial charge in [0, 0.05) is 24.6 Å². The average molecular weight is 314 g/mol. The number of hydrogen-bond donors (Lipinski definition) is 2. The molecular weight excluding hydrogens is 296 g/mol. The summed E-state index contributed by atoms with van der Waals surface area (Å²) >= 11 is 0. The van der Waals surface area contributed by atoms with E-state index in [0.717, 1.165) is 6.26 Å². The van der Waals surface area contributed by atoms with E-state index in [0.29, 0.717) is 11.5 Å². The first-order valence-electron chi connectivity index (χ1n) is 6.29. The maximum absolute atomic E-state index is 12.2. The summed E-state index contributed by atoms with van der Waals surface area (Å²) in [5.41, 5.74) is 6.27. The molecule has 2 rings (SSSR count). The number of anilines is 1. The Kier molecular flexibility index (Phi) is 3.75. The molecule has 1 aliphatic heterocycles. The van der Waals surface area contributed by atoms with Gasteiger partial charge in [-0.3, -0.25) is 4.79 Å². The van der Waals surface area contributed by atoms with Gasteiger partial charge in [0.25, 0.3) is 5.91 Å². The molecule has 0 aromatic heterocycles. The topological polar surface area (TPSA) is 108 Å². The summed E-state index contributed by atoms with van der Waals surface area (Å²) in [4.78, 5) is 12.2. The Bertz CT molecular complexity index is 682. The molecular formula is C13H18N2O5S. The first-order valence-corrected chi connectivity index (χ1v) is 8.18. The predicted octanol–water partition coefficient (Wildman–Crippen LogP) is 0.551. The number of nitrogen functional groups attached to an aromatic ring is 1. The number of amides is 1. The number of carbonyl (C=O) groups excluding carboxylic acids is 1. The molecule has 7 nitrogen and oxygen atoms in total. The lowest BCUT2D eigenvalue weighted by Crippen LogP contribution is -2.43. The van der Waals surface area contributed by atoms with E-state index >= 15 is 0 Å². The zero-order valence-electron chi connectivity index (χ0n) is 12.1. The number of benzene rings is 1. The summed E-state index contributed by atoms with van der Waals surface area (Å²) in [6, 6.07) is 3.00. The van der Waals surface area contributed by atoms with Crippen LogP contribution in [0.2, 0.25) is 0 Å². The highest BCUT2D eigenvalue weighted by Gasteiger charge is 2.31. The van der Waals surface area contributed by atoms with Crippen molar-refractivity contribution in [2.24, 2.45) is 0 Å². The summed E-state index contributed by atoms with van der Waals surface area (Å²) in [6.45, 7) is 3.16. The van der Waals surface area contributed by atoms with Gasteiger partial charge in [0.05, 0.1) is 10.3 Å². The van der Waals surface area contributed by atoms with E-state index in [1.165, 1.54) is 12.1 Å². The molecule has 0 radical (unpaired) electrons. The Morgan fingerprint density at radius 1 is 1.33 bits per heavy atom. The molecule has 1 heterocycles. The van der Waals surface area contributed by atoms with Crippen LogP contribution in [0, 0.1) is 0 Å². The number of sulfone groups is 1. The van der Waals surface area contributed by atoms with Crippen LogP contribution in [0.5, 0.6) is 11.5 Å². The van der Waals surface area contributed by atoms with Crippen molar-refractivity contribution in [1.29, 1.82) is 0 Å². The second kappa shape index (κ2) is 5.10. The van der Waals surface area contributed by atoms with Crippen molar-refractivity contribution in [3.05, 3.63) is 17.7 Å². The van der Waals surface area contributed by atoms with E-state index in [2.05, 4.69) is 5.32 Å². The minimum absolute atomic E-state index is 0.0153. The fourth-order valence-corrected chi connectivity index (χ4v) is 2.01. The van der Waals surface area contributed by atoms with Crippen molar-refractivity contribution < 1.29 is 22.7 Å². The summed E-state index contributed by atoms with van der Waals surface area (Å²) in [5.74, 6) is 0.472. The molecule has 0 spiro atoms. The molecule has 3 N–H and O–H groups in total. The van der Waals surface area contributed by atoms with Gasteiger partial charge in [-0.15, -0.1) is 0 Å². The quantitative estimate of drug-likeness (QED) is 0.786. The SMILES string of the molecule is CC(C)(CNC(=O)c1cc2c(cc1N)OCO2)S(C)(=O)=O. The van der Waals surface area contributed by atoms with Crippen molar-refractivity contribution in [2.75, 3.05) is 25.3 Å². The van der Waals surface area contributed by atoms with E-state index in [9.17, 15) is 13.2 Å². The second-order valence-electron chi connectivity index (χ2n) is 5.51. The molecule has 116 valence electrons. The van der Waals surface area contributed by atoms with Crippen molar-refractivity contribution in [1.82, 2.24) is 5.32 Å². The number of carbonyl (C=O) groups is 1. The lowest BCUT2D eigenvalue weighted by molar-refractivity contribution is 0.0951. The minimum Gasteiger partial charge on any atom is -0.454 e. The lowest BCUT2D eigenvalue weighted by atomic mass is 10.1. The van der Waals surface area contributed by atoms with Gasteiger partial charge in [0.2, 0.25) is 6.79 Å². The van der Waals surface area contributed by atoms with Crippen LogP contribution in [0.4, 0.5) is 5.69 Å². The maximum Gasteiger partial charge on any atom is 0.253 e. The van der Waals surface area contributed by atoms with Crippen LogP contribution in [-0.4, -0.2) is 38.7 Å². The Labute approximate surface area is 123 Å². The molecule has 21 heavy (non-hydrogen) atoms. The van der Waals surface area contributed by atoms with Crippen LogP contribution in [0.3, 0.4) is 0 Å². The minimum atomic E-state index is -3.29. The van der Waals surface area contributed by atoms with Gasteiger partial charge in [-0.1, -0.05) is 0 Å². The standard InChI is InChI=1S/C13H18N2O5S/c1-13(2,21(3,17)18)6-15-12(16)8-4-10-11(5-9(8)14)20-7-19-10/h4-5H,6-7,14H2,1-3H3,(H,15,16). The van der Waals surface area contributed by atoms with Crippen LogP contribution >= 0.6 is 0 Å². The number of hydrogen-bond acceptors (Lipinski definition) is 6. The summed E-state index contributed by atoms with van der Waals surface area (Å²) in [7, 11) is -3.29. The van der Waals surface area contributed by atoms with Gasteiger partial charge in [-0.2, -0.15) is 0 Å². The first-order chi connectivity index (χ1) is 9.62. The third-order valence-corrected chi connectivity index (χ3v) is 5.62. The van der Waals surface area contributed by atoms with E-state index in [-0.39, 0.29) is 24.6 Å². The average Bonchev–Trinajstić information content (AvgIpc) is 2.80. The zero-order chi connectivity index (χ0) is 15.8. The van der Waals surface area contributed by atoms with E-state index in [1.54, 1.807) is 13.8 Å². The smallest absolute Gasteiger partial charge is 0.253 e. The summed E-state index contributed by atoms with van der Waals surface area (Å²) in [6.07, 6.45) is 1.13. The van der Waals surface area contributed by atoms with Crippen molar-refractivity contribution >= 4 is 21.4 Å². The Morgan fingerprint density at radius 3 is 2.48 bits per heavy atom. The molecule has 0 saturated heterocycles. The molecule has 1 aromatic rings. The summed E-state index contributed by atoms with van der Waals surface area (Å²) < 4.78 is 32.5. The van der Waals surface area contributed by atoms with Crippen LogP contribution < -0.4 is 20.5 Å². The monoisotopic (exact) mass is 314 g/mol. The molecule has 8 heteroatoms. The third-order valence-electron chi connectivity index (χ3n) is 3.47. The Balaban J connectivity index is 2.15. The zero-order valence-corrected chi connectivity index (χ0v) is 12.9. The summed E-state index contributed by atoms with van der Waals surface area (Å²) in [5, 5.41) is 2.58. The highest BCUT2D eigenvalue weighted by atomic mass is 32.2. The molecule has 0 saturated carbocycles. The molecule has 0 bridgehead atoms. The predicted molar refractivity (Wildman–Crippen MR) is 78.2 cm³/mol. The molecule has 0 aliphatic carbocycles. The van der Waals surface area contributed by atoms with Crippen molar-refractivity contribution in [3.63, 3.8) is 0 Å². The largest absolute Gasteiger partial charge is 0.454 e. The molecule has 0 fully saturated rings. The van der Waals surface area contributed by atoms with E-state index in [1.807, 2.05) is 0 Å². The Hall–Kier alpha value is -1.96. The van der Waals surface area contributed by atoms with Gasteiger partial charge in [-0.25, -0.2) is 8.42 Å².